The summed E-state index contributed by atoms with van der Waals surface area (Å²) in [6.45, 7) is 0. The van der Waals surface area contributed by atoms with Gasteiger partial charge in [-0.3, -0.25) is 0 Å². The Kier molecular flexibility index (Phi) is 6.74. The SMILES string of the molecule is COC(=O)C(=CO)c1ccccc1SCc1cc(Br)ccc1Br. The van der Waals surface area contributed by atoms with Crippen molar-refractivity contribution in [3.8, 4) is 0 Å². The van der Waals surface area contributed by atoms with Crippen LogP contribution in [-0.4, -0.2) is 18.2 Å². The smallest absolute Gasteiger partial charge is 0.341 e. The summed E-state index contributed by atoms with van der Waals surface area (Å²) in [4.78, 5) is 12.7. The van der Waals surface area contributed by atoms with E-state index in [-0.39, 0.29) is 5.57 Å². The molecule has 0 fully saturated rings. The zero-order valence-corrected chi connectivity index (χ0v) is 16.2. The van der Waals surface area contributed by atoms with Gasteiger partial charge in [-0.15, -0.1) is 11.8 Å². The number of halogens is 2. The normalized spacial score (nSPS) is 11.3. The average Bonchev–Trinajstić information content (AvgIpc) is 2.57. The molecule has 1 N–H and O–H groups in total. The Hall–Kier alpha value is -1.24. The lowest BCUT2D eigenvalue weighted by atomic mass is 10.1. The topological polar surface area (TPSA) is 46.5 Å². The van der Waals surface area contributed by atoms with Crippen molar-refractivity contribution >= 4 is 55.2 Å². The van der Waals surface area contributed by atoms with E-state index < -0.39 is 5.97 Å². The molecule has 23 heavy (non-hydrogen) atoms. The molecule has 0 aliphatic heterocycles. The Labute approximate surface area is 156 Å². The molecule has 2 rings (SSSR count). The van der Waals surface area contributed by atoms with Gasteiger partial charge in [-0.25, -0.2) is 4.79 Å². The molecule has 0 aliphatic rings. The molecular formula is C17H14Br2O3S. The van der Waals surface area contributed by atoms with Crippen LogP contribution in [0.2, 0.25) is 0 Å². The molecule has 2 aromatic rings. The van der Waals surface area contributed by atoms with Gasteiger partial charge in [0.1, 0.15) is 5.57 Å². The van der Waals surface area contributed by atoms with Gasteiger partial charge in [0, 0.05) is 25.2 Å². The van der Waals surface area contributed by atoms with Crippen LogP contribution >= 0.6 is 43.6 Å². The second kappa shape index (κ2) is 8.57. The number of carbonyl (C=O) groups is 1. The lowest BCUT2D eigenvalue weighted by Crippen LogP contribution is -2.05. The first-order valence-corrected chi connectivity index (χ1v) is 9.22. The first-order chi connectivity index (χ1) is 11.1. The molecule has 0 aromatic heterocycles. The van der Waals surface area contributed by atoms with E-state index in [0.29, 0.717) is 5.56 Å². The van der Waals surface area contributed by atoms with E-state index in [1.165, 1.54) is 7.11 Å². The van der Waals surface area contributed by atoms with Gasteiger partial charge in [0.2, 0.25) is 0 Å². The number of esters is 1. The van der Waals surface area contributed by atoms with E-state index in [4.69, 9.17) is 4.74 Å². The summed E-state index contributed by atoms with van der Waals surface area (Å²) >= 11 is 8.59. The molecule has 0 spiro atoms. The van der Waals surface area contributed by atoms with E-state index >= 15 is 0 Å². The maximum atomic E-state index is 11.8. The van der Waals surface area contributed by atoms with Crippen molar-refractivity contribution in [2.24, 2.45) is 0 Å². The van der Waals surface area contributed by atoms with Gasteiger partial charge < -0.3 is 9.84 Å². The van der Waals surface area contributed by atoms with Gasteiger partial charge >= 0.3 is 5.97 Å². The molecule has 0 saturated carbocycles. The monoisotopic (exact) mass is 456 g/mol. The van der Waals surface area contributed by atoms with Crippen molar-refractivity contribution in [2.75, 3.05) is 7.11 Å². The second-order valence-electron chi connectivity index (χ2n) is 4.55. The summed E-state index contributed by atoms with van der Waals surface area (Å²) in [5, 5.41) is 9.39. The number of rotatable bonds is 5. The molecule has 3 nitrogen and oxygen atoms in total. The number of aliphatic hydroxyl groups excluding tert-OH is 1. The lowest BCUT2D eigenvalue weighted by molar-refractivity contribution is -0.133. The summed E-state index contributed by atoms with van der Waals surface area (Å²) in [6.07, 6.45) is 0.792. The number of hydrogen-bond acceptors (Lipinski definition) is 4. The molecule has 120 valence electrons. The number of thioether (sulfide) groups is 1. The average molecular weight is 458 g/mol. The minimum atomic E-state index is -0.566. The van der Waals surface area contributed by atoms with Crippen LogP contribution in [0.15, 0.2) is 62.6 Å². The quantitative estimate of drug-likeness (QED) is 0.275. The van der Waals surface area contributed by atoms with E-state index in [1.807, 2.05) is 36.4 Å². The maximum absolute atomic E-state index is 11.8. The molecule has 0 bridgehead atoms. The number of ether oxygens (including phenoxy) is 1. The molecule has 2 aromatic carbocycles. The van der Waals surface area contributed by atoms with E-state index in [1.54, 1.807) is 17.8 Å². The van der Waals surface area contributed by atoms with Crippen LogP contribution in [0.1, 0.15) is 11.1 Å². The van der Waals surface area contributed by atoms with Crippen molar-refractivity contribution in [3.05, 3.63) is 68.8 Å². The van der Waals surface area contributed by atoms with Crippen molar-refractivity contribution < 1.29 is 14.6 Å². The van der Waals surface area contributed by atoms with Crippen LogP contribution < -0.4 is 0 Å². The summed E-state index contributed by atoms with van der Waals surface area (Å²) in [5.41, 5.74) is 1.92. The zero-order valence-electron chi connectivity index (χ0n) is 12.3. The Morgan fingerprint density at radius 3 is 2.70 bits per heavy atom. The minimum absolute atomic E-state index is 0.143. The maximum Gasteiger partial charge on any atom is 0.341 e. The third kappa shape index (κ3) is 4.62. The van der Waals surface area contributed by atoms with Crippen LogP contribution in [-0.2, 0) is 15.3 Å². The molecule has 0 saturated heterocycles. The minimum Gasteiger partial charge on any atom is -0.515 e. The highest BCUT2D eigenvalue weighted by Crippen LogP contribution is 2.33. The number of benzene rings is 2. The van der Waals surface area contributed by atoms with Gasteiger partial charge in [-0.05, 0) is 29.8 Å². The van der Waals surface area contributed by atoms with Gasteiger partial charge in [-0.2, -0.15) is 0 Å². The van der Waals surface area contributed by atoms with Gasteiger partial charge in [0.15, 0.2) is 0 Å². The Morgan fingerprint density at radius 2 is 2.00 bits per heavy atom. The third-order valence-electron chi connectivity index (χ3n) is 3.10. The fourth-order valence-electron chi connectivity index (χ4n) is 1.97. The fraction of sp³-hybridized carbons (Fsp3) is 0.118. The molecular weight excluding hydrogens is 444 g/mol. The Balaban J connectivity index is 2.27. The Morgan fingerprint density at radius 1 is 1.26 bits per heavy atom. The molecule has 0 aliphatic carbocycles. The summed E-state index contributed by atoms with van der Waals surface area (Å²) < 4.78 is 6.75. The highest BCUT2D eigenvalue weighted by Gasteiger charge is 2.16. The highest BCUT2D eigenvalue weighted by atomic mass is 79.9. The first kappa shape index (κ1) is 18.1. The van der Waals surface area contributed by atoms with Gasteiger partial charge in [-0.1, -0.05) is 50.1 Å². The van der Waals surface area contributed by atoms with E-state index in [9.17, 15) is 9.90 Å². The van der Waals surface area contributed by atoms with E-state index in [0.717, 1.165) is 31.4 Å². The van der Waals surface area contributed by atoms with Crippen LogP contribution in [0, 0.1) is 0 Å². The van der Waals surface area contributed by atoms with Gasteiger partial charge in [0.25, 0.3) is 0 Å². The number of methoxy groups -OCH3 is 1. The van der Waals surface area contributed by atoms with Crippen LogP contribution in [0.3, 0.4) is 0 Å². The second-order valence-corrected chi connectivity index (χ2v) is 7.34. The predicted octanol–water partition coefficient (Wildman–Crippen LogP) is 5.58. The number of carbonyl (C=O) groups excluding carboxylic acids is 1. The molecule has 0 amide bonds. The van der Waals surface area contributed by atoms with Crippen molar-refractivity contribution in [3.63, 3.8) is 0 Å². The standard InChI is InChI=1S/C17H14Br2O3S/c1-22-17(21)14(9-20)13-4-2-3-5-16(13)23-10-11-8-12(18)6-7-15(11)19/h2-9,20H,10H2,1H3. The highest BCUT2D eigenvalue weighted by molar-refractivity contribution is 9.11. The van der Waals surface area contributed by atoms with Gasteiger partial charge in [0.05, 0.1) is 13.4 Å². The zero-order chi connectivity index (χ0) is 16.8. The summed E-state index contributed by atoms with van der Waals surface area (Å²) in [5.74, 6) is 0.154. The predicted molar refractivity (Wildman–Crippen MR) is 100 cm³/mol. The molecule has 0 unspecified atom stereocenters. The largest absolute Gasteiger partial charge is 0.515 e. The number of hydrogen-bond donors (Lipinski definition) is 1. The van der Waals surface area contributed by atoms with Crippen LogP contribution in [0.4, 0.5) is 0 Å². The van der Waals surface area contributed by atoms with Crippen molar-refractivity contribution in [1.82, 2.24) is 0 Å². The summed E-state index contributed by atoms with van der Waals surface area (Å²) in [6, 6.07) is 13.4. The van der Waals surface area contributed by atoms with Crippen LogP contribution in [0.25, 0.3) is 5.57 Å². The Bertz CT molecular complexity index is 744. The van der Waals surface area contributed by atoms with Crippen molar-refractivity contribution in [1.29, 1.82) is 0 Å². The first-order valence-electron chi connectivity index (χ1n) is 6.65. The lowest BCUT2D eigenvalue weighted by Gasteiger charge is -2.11. The number of aliphatic hydroxyl groups is 1. The van der Waals surface area contributed by atoms with Crippen LogP contribution in [0.5, 0.6) is 0 Å². The molecule has 0 atom stereocenters. The molecule has 6 heteroatoms. The van der Waals surface area contributed by atoms with E-state index in [2.05, 4.69) is 31.9 Å². The molecule has 0 radical (unpaired) electrons. The fourth-order valence-corrected chi connectivity index (χ4v) is 4.01. The van der Waals surface area contributed by atoms with Crippen molar-refractivity contribution in [2.45, 2.75) is 10.6 Å². The molecule has 0 heterocycles. The summed E-state index contributed by atoms with van der Waals surface area (Å²) in [7, 11) is 1.29. The third-order valence-corrected chi connectivity index (χ3v) is 5.49.